The van der Waals surface area contributed by atoms with Crippen molar-refractivity contribution in [3.05, 3.63) is 143 Å². The second-order valence-electron chi connectivity index (χ2n) is 32.0. The van der Waals surface area contributed by atoms with Gasteiger partial charge in [-0.2, -0.15) is 0 Å². The Bertz CT molecular complexity index is 5200. The van der Waals surface area contributed by atoms with Gasteiger partial charge in [0.2, 0.25) is 0 Å². The summed E-state index contributed by atoms with van der Waals surface area (Å²) in [6.07, 6.45) is 0. The summed E-state index contributed by atoms with van der Waals surface area (Å²) in [6, 6.07) is 29.6. The van der Waals surface area contributed by atoms with Crippen molar-refractivity contribution in [3.8, 4) is 69.0 Å². The van der Waals surface area contributed by atoms with Gasteiger partial charge in [0.15, 0.2) is 34.7 Å². The van der Waals surface area contributed by atoms with Gasteiger partial charge in [0.05, 0.1) is 119 Å². The Morgan fingerprint density at radius 2 is 0.433 bits per heavy atom. The number of carbonyl (C=O) groups is 6. The topological polar surface area (TPSA) is 464 Å². The monoisotopic (exact) mass is 2080 g/mol. The van der Waals surface area contributed by atoms with Crippen LogP contribution in [0.5, 0.6) is 69.0 Å². The maximum absolute atomic E-state index is 11.7. The summed E-state index contributed by atoms with van der Waals surface area (Å²) < 4.78 is 94.3. The second kappa shape index (κ2) is 63.7. The van der Waals surface area contributed by atoms with Gasteiger partial charge < -0.3 is 116 Å². The van der Waals surface area contributed by atoms with Crippen LogP contribution in [0, 0.1) is 0 Å². The maximum atomic E-state index is 11.7. The minimum atomic E-state index is -0.716. The Morgan fingerprint density at radius 3 is 0.596 bits per heavy atom. The Balaban J connectivity index is 0.000000230. The molecule has 0 aromatic heterocycles. The van der Waals surface area contributed by atoms with Crippen LogP contribution in [0.4, 0.5) is 0 Å². The average Bonchev–Trinajstić information content (AvgIpc) is 1.66. The molecule has 0 fully saturated rings. The molecule has 0 spiro atoms. The molecular weight excluding hydrogens is 1950 g/mol. The molecule has 6 N–H and O–H groups in total. The van der Waals surface area contributed by atoms with Crippen LogP contribution in [0.2, 0.25) is 0 Å². The number of nitrogens with zero attached hydrogens (tertiary/aromatic N) is 6. The Morgan fingerprint density at radius 1 is 0.262 bits per heavy atom. The molecule has 6 atom stereocenters. The van der Waals surface area contributed by atoms with Crippen LogP contribution in [0.15, 0.2) is 139 Å². The van der Waals surface area contributed by atoms with E-state index in [1.165, 1.54) is 98.3 Å². The number of phenols is 6. The quantitative estimate of drug-likeness (QED) is 0.0193. The number of ether oxygens (including phenoxy) is 18. The Labute approximate surface area is 849 Å². The van der Waals surface area contributed by atoms with E-state index in [0.29, 0.717) is 291 Å². The Kier molecular flexibility index (Phi) is 53.5. The molecule has 12 rings (SSSR count). The molecule has 0 saturated carbocycles. The predicted octanol–water partition coefficient (Wildman–Crippen LogP) is 12.5. The fourth-order valence-corrected chi connectivity index (χ4v) is 19.4. The SMILES string of the molecule is COCCOCCOCCOc1ccc(C2=N[C@@H](C(C)=O)CS2)c(O)c1.COCCOCCOCCOc1ccc(C2=N[C@@](C)(C(C)=O)CS2)c(O)c1.COCCOCCOc1ccc(C2=N[C@@H](C(C)=O)CS2)c(O)c1.COCCOCCOc1ccc(C2=N[C@@](C)(C(C)=O)CS2)c(O)c1.COCCOc1ccc(C2=N[C@@H](C(C)=O)CS2)c(O)c1.COCCOc1ccc(C2=N[C@@](C)(C(C)=O)CS2)c(O)c1. The highest BCUT2D eigenvalue weighted by Gasteiger charge is 2.40. The van der Waals surface area contributed by atoms with Crippen LogP contribution in [0.25, 0.3) is 0 Å². The van der Waals surface area contributed by atoms with Crippen molar-refractivity contribution in [2.45, 2.75) is 97.1 Å². The Hall–Kier alpha value is -9.42. The molecule has 774 valence electrons. The molecule has 0 amide bonds. The maximum Gasteiger partial charge on any atom is 0.157 e. The van der Waals surface area contributed by atoms with Gasteiger partial charge in [-0.15, -0.1) is 70.6 Å². The summed E-state index contributed by atoms with van der Waals surface area (Å²) in [7, 11) is 9.71. The van der Waals surface area contributed by atoms with Crippen molar-refractivity contribution < 1.29 is 145 Å². The molecule has 0 unspecified atom stereocenters. The number of thioether (sulfide) groups is 6. The lowest BCUT2D eigenvalue weighted by Gasteiger charge is -2.14. The summed E-state index contributed by atoms with van der Waals surface area (Å²) in [5.41, 5.74) is 1.63. The summed E-state index contributed by atoms with van der Waals surface area (Å²) in [5, 5.41) is 65.1. The van der Waals surface area contributed by atoms with E-state index in [2.05, 4.69) is 30.0 Å². The third-order valence-electron chi connectivity index (χ3n) is 20.9. The van der Waals surface area contributed by atoms with Gasteiger partial charge in [0, 0.05) is 147 Å². The number of rotatable bonds is 54. The zero-order valence-corrected chi connectivity index (χ0v) is 87.4. The minimum Gasteiger partial charge on any atom is -0.507 e. The van der Waals surface area contributed by atoms with Crippen LogP contribution in [-0.2, 0) is 85.6 Å². The van der Waals surface area contributed by atoms with Gasteiger partial charge in [-0.3, -0.25) is 58.7 Å². The van der Waals surface area contributed by atoms with E-state index in [0.717, 1.165) is 0 Å². The summed E-state index contributed by atoms with van der Waals surface area (Å²) in [4.78, 5) is 95.5. The van der Waals surface area contributed by atoms with Crippen molar-refractivity contribution in [2.75, 3.05) is 236 Å². The first kappa shape index (κ1) is 119. The van der Waals surface area contributed by atoms with Gasteiger partial charge in [0.25, 0.3) is 0 Å². The number of aromatic hydroxyl groups is 6. The number of hydrogen-bond acceptors (Lipinski definition) is 42. The third-order valence-corrected chi connectivity index (χ3v) is 28.0. The van der Waals surface area contributed by atoms with E-state index in [9.17, 15) is 59.4 Å². The van der Waals surface area contributed by atoms with Gasteiger partial charge in [-0.1, -0.05) is 0 Å². The lowest BCUT2D eigenvalue weighted by molar-refractivity contribution is -0.121. The highest BCUT2D eigenvalue weighted by molar-refractivity contribution is 8.16. The van der Waals surface area contributed by atoms with E-state index in [-0.39, 0.29) is 87.3 Å². The van der Waals surface area contributed by atoms with Crippen molar-refractivity contribution in [1.29, 1.82) is 0 Å². The summed E-state index contributed by atoms with van der Waals surface area (Å²) >= 11 is 8.86. The van der Waals surface area contributed by atoms with Gasteiger partial charge >= 0.3 is 0 Å². The molecule has 6 aromatic carbocycles. The summed E-state index contributed by atoms with van der Waals surface area (Å²) in [6.45, 7) is 26.2. The van der Waals surface area contributed by atoms with Crippen LogP contribution in [0.1, 0.15) is 95.7 Å². The number of carbonyl (C=O) groups excluding carboxylic acids is 6. The number of hydrogen-bond donors (Lipinski definition) is 6. The first-order chi connectivity index (χ1) is 67.7. The van der Waals surface area contributed by atoms with Crippen molar-refractivity contribution in [2.24, 2.45) is 30.0 Å². The fraction of sp³-hybridized carbons (Fsp3) is 0.515. The first-order valence-electron chi connectivity index (χ1n) is 45.2. The van der Waals surface area contributed by atoms with E-state index >= 15 is 0 Å². The zero-order chi connectivity index (χ0) is 103. The van der Waals surface area contributed by atoms with E-state index in [1.54, 1.807) is 166 Å². The molecule has 0 aliphatic carbocycles. The lowest BCUT2D eigenvalue weighted by Crippen LogP contribution is -2.31. The average molecular weight is 2080 g/mol. The van der Waals surface area contributed by atoms with E-state index in [4.69, 9.17) is 85.3 Å². The van der Waals surface area contributed by atoms with Crippen molar-refractivity contribution in [3.63, 3.8) is 0 Å². The van der Waals surface area contributed by atoms with Crippen LogP contribution in [0.3, 0.4) is 0 Å². The largest absolute Gasteiger partial charge is 0.507 e. The molecule has 6 aromatic rings. The number of aliphatic imine (C=N–C) groups is 6. The normalized spacial score (nSPS) is 18.6. The van der Waals surface area contributed by atoms with Gasteiger partial charge in [-0.05, 0) is 135 Å². The molecule has 0 radical (unpaired) electrons. The number of benzene rings is 6. The smallest absolute Gasteiger partial charge is 0.157 e. The fourth-order valence-electron chi connectivity index (χ4n) is 12.1. The van der Waals surface area contributed by atoms with Crippen LogP contribution in [-0.4, -0.2) is 366 Å². The molecule has 36 nitrogen and oxygen atoms in total. The van der Waals surface area contributed by atoms with Crippen molar-refractivity contribution in [1.82, 2.24) is 0 Å². The highest BCUT2D eigenvalue weighted by Crippen LogP contribution is 2.41. The number of ketones is 6. The van der Waals surface area contributed by atoms with Gasteiger partial charge in [0.1, 0.15) is 174 Å². The first-order valence-corrected chi connectivity index (χ1v) is 51.2. The lowest BCUT2D eigenvalue weighted by atomic mass is 10.0. The predicted molar refractivity (Wildman–Crippen MR) is 552 cm³/mol. The molecule has 6 aliphatic heterocycles. The molecular formula is C99H132N6O30S6. The number of methoxy groups -OCH3 is 6. The van der Waals surface area contributed by atoms with E-state index in [1.807, 2.05) is 20.8 Å². The molecule has 42 heteroatoms. The highest BCUT2D eigenvalue weighted by atomic mass is 32.2. The molecule has 141 heavy (non-hydrogen) atoms. The summed E-state index contributed by atoms with van der Waals surface area (Å²) in [5.74, 6) is 7.81. The third kappa shape index (κ3) is 40.6. The van der Waals surface area contributed by atoms with Crippen molar-refractivity contribution >= 4 is 136 Å². The van der Waals surface area contributed by atoms with Gasteiger partial charge in [-0.25, -0.2) is 0 Å². The zero-order valence-electron chi connectivity index (χ0n) is 82.5. The molecule has 0 bridgehead atoms. The number of Topliss-reactive ketones (excluding diaryl/α,β-unsaturated/α-hetero) is 6. The van der Waals surface area contributed by atoms with Crippen LogP contribution < -0.4 is 28.4 Å². The molecule has 6 aliphatic rings. The minimum absolute atomic E-state index is 0.0218. The standard InChI is InChI=1S/C19H27NO6S.C18H25NO6S.C17H23NO5S.C16H21NO5S.C15H19NO4S.C14H17NO4S/c1-14(21)19(2)13-27-18(20-19)16-5-4-15(12-17(16)22)26-11-10-25-9-8-24-7-6-23-3;1-13(20)16-12-26-18(19-16)15-4-3-14(11-17(15)21)25-10-9-24-8-7-23-6-5-22-2;1-12(19)17(2)11-24-16(18-17)14-5-4-13(10-15(14)20)23-9-8-22-7-6-21-3;1-11(18)14-10-23-16(17-14)13-4-3-12(9-15(13)19)22-8-7-21-6-5-20-2;1-10(17)15(2)9-21-14(16-15)12-5-4-11(8-13(12)18)20-7-6-19-3;1-9(16)12-8-20-14(15-12)11-4-3-10(7-13(11)17)19-6-5-18-2/h4-5,12,22H,6-11,13H2,1-3H3;3-4,11,16,21H,5-10,12H2,1-2H3;4-5,10,20H,6-9,11H2,1-3H3;3-4,9,14,19H,5-8,10H2,1-2H3;4-5,8,18H,6-7,9H2,1-3H3;3-4,7,12,17H,5-6,8H2,1-2H3/t19-;16-;17-;14-;15-;12-/m111111/s1. The number of phenolic OH excluding ortho intramolecular Hbond substituents is 6. The second-order valence-corrected chi connectivity index (χ2v) is 37.9. The molecule has 0 saturated heterocycles. The molecule has 6 heterocycles. The van der Waals surface area contributed by atoms with Crippen LogP contribution >= 0.6 is 70.6 Å². The van der Waals surface area contributed by atoms with E-state index < -0.39 is 16.6 Å².